The molecule has 23 heavy (non-hydrogen) atoms. The van der Waals surface area contributed by atoms with Crippen molar-refractivity contribution in [3.05, 3.63) is 35.6 Å². The zero-order chi connectivity index (χ0) is 17.0. The van der Waals surface area contributed by atoms with Crippen molar-refractivity contribution < 1.29 is 22.7 Å². The Morgan fingerprint density at radius 2 is 2.22 bits per heavy atom. The lowest BCUT2D eigenvalue weighted by molar-refractivity contribution is -0.134. The average Bonchev–Trinajstić information content (AvgIpc) is 2.46. The van der Waals surface area contributed by atoms with Gasteiger partial charge < -0.3 is 10.0 Å². The molecule has 0 saturated carbocycles. The maximum Gasteiger partial charge on any atom is 0.237 e. The van der Waals surface area contributed by atoms with Crippen LogP contribution in [0.4, 0.5) is 4.39 Å². The van der Waals surface area contributed by atoms with Crippen LogP contribution in [-0.2, 0) is 21.2 Å². The lowest BCUT2D eigenvalue weighted by atomic mass is 9.88. The molecule has 1 aliphatic heterocycles. The number of halogens is 1. The zero-order valence-electron chi connectivity index (χ0n) is 12.9. The normalized spacial score (nSPS) is 22.1. The monoisotopic (exact) mass is 344 g/mol. The van der Waals surface area contributed by atoms with E-state index in [1.54, 1.807) is 6.07 Å². The summed E-state index contributed by atoms with van der Waals surface area (Å²) in [7, 11) is -3.42. The van der Waals surface area contributed by atoms with Crippen LogP contribution in [-0.4, -0.2) is 56.3 Å². The van der Waals surface area contributed by atoms with E-state index in [0.29, 0.717) is 19.4 Å². The molecule has 6 nitrogen and oxygen atoms in total. The van der Waals surface area contributed by atoms with Gasteiger partial charge in [-0.2, -0.15) is 0 Å². The number of likely N-dealkylation sites (tertiary alicyclic amines) is 1. The summed E-state index contributed by atoms with van der Waals surface area (Å²) >= 11 is 0. The van der Waals surface area contributed by atoms with Crippen molar-refractivity contribution >= 4 is 15.9 Å². The summed E-state index contributed by atoms with van der Waals surface area (Å²) in [5.41, 5.74) is 0.813. The van der Waals surface area contributed by atoms with Gasteiger partial charge in [-0.25, -0.2) is 17.5 Å². The highest BCUT2D eigenvalue weighted by Gasteiger charge is 2.30. The summed E-state index contributed by atoms with van der Waals surface area (Å²) in [6.45, 7) is 0.297. The molecular formula is C15H21FN2O4S. The molecule has 1 fully saturated rings. The highest BCUT2D eigenvalue weighted by Crippen LogP contribution is 2.22. The average molecular weight is 344 g/mol. The second-order valence-electron chi connectivity index (χ2n) is 5.88. The number of carbonyl (C=O) groups excluding carboxylic acids is 1. The van der Waals surface area contributed by atoms with Gasteiger partial charge in [0.2, 0.25) is 15.9 Å². The lowest BCUT2D eigenvalue weighted by Crippen LogP contribution is -2.49. The molecule has 2 rings (SSSR count). The van der Waals surface area contributed by atoms with Crippen molar-refractivity contribution in [2.75, 3.05) is 25.9 Å². The number of hydrogen-bond acceptors (Lipinski definition) is 4. The third kappa shape index (κ3) is 5.56. The van der Waals surface area contributed by atoms with E-state index in [9.17, 15) is 22.7 Å². The Morgan fingerprint density at radius 3 is 2.83 bits per heavy atom. The minimum atomic E-state index is -3.42. The summed E-state index contributed by atoms with van der Waals surface area (Å²) in [5, 5.41) is 10.2. The van der Waals surface area contributed by atoms with Crippen LogP contribution in [0.1, 0.15) is 12.0 Å². The maximum absolute atomic E-state index is 13.2. The van der Waals surface area contributed by atoms with Crippen LogP contribution in [0, 0.1) is 11.7 Å². The number of piperidine rings is 1. The molecule has 1 aliphatic rings. The molecule has 128 valence electrons. The minimum absolute atomic E-state index is 0.0521. The first-order valence-electron chi connectivity index (χ1n) is 7.39. The first kappa shape index (κ1) is 17.8. The molecule has 0 aliphatic carbocycles. The number of aliphatic hydroxyl groups is 1. The van der Waals surface area contributed by atoms with Gasteiger partial charge in [-0.05, 0) is 36.5 Å². The van der Waals surface area contributed by atoms with Crippen LogP contribution in [0.15, 0.2) is 24.3 Å². The maximum atomic E-state index is 13.2. The first-order chi connectivity index (χ1) is 10.7. The largest absolute Gasteiger partial charge is 0.391 e. The number of sulfonamides is 1. The topological polar surface area (TPSA) is 86.7 Å². The van der Waals surface area contributed by atoms with Crippen LogP contribution < -0.4 is 4.72 Å². The van der Waals surface area contributed by atoms with Crippen LogP contribution in [0.2, 0.25) is 0 Å². The van der Waals surface area contributed by atoms with E-state index < -0.39 is 16.1 Å². The Balaban J connectivity index is 1.88. The van der Waals surface area contributed by atoms with Gasteiger partial charge in [-0.3, -0.25) is 4.79 Å². The molecule has 1 saturated heterocycles. The summed E-state index contributed by atoms with van der Waals surface area (Å²) in [6.07, 6.45) is 1.40. The van der Waals surface area contributed by atoms with E-state index in [0.717, 1.165) is 11.8 Å². The van der Waals surface area contributed by atoms with E-state index in [-0.39, 0.29) is 30.7 Å². The number of nitrogens with zero attached hydrogens (tertiary/aromatic N) is 1. The number of β-amino-alcohol motifs (C(OH)–C–C–N with tert-alkyl or cyclic N) is 1. The number of benzene rings is 1. The molecule has 0 bridgehead atoms. The molecule has 1 amide bonds. The smallest absolute Gasteiger partial charge is 0.237 e. The number of carbonyl (C=O) groups is 1. The first-order valence-corrected chi connectivity index (χ1v) is 9.28. The Kier molecular flexibility index (Phi) is 5.72. The van der Waals surface area contributed by atoms with E-state index >= 15 is 0 Å². The van der Waals surface area contributed by atoms with Gasteiger partial charge in [-0.15, -0.1) is 0 Å². The van der Waals surface area contributed by atoms with Crippen molar-refractivity contribution in [1.29, 1.82) is 0 Å². The molecule has 0 radical (unpaired) electrons. The Labute approximate surface area is 135 Å². The predicted octanol–water partition coefficient (Wildman–Crippen LogP) is 0.127. The molecule has 1 aromatic carbocycles. The van der Waals surface area contributed by atoms with Gasteiger partial charge in [0.05, 0.1) is 18.9 Å². The van der Waals surface area contributed by atoms with Gasteiger partial charge in [-0.1, -0.05) is 12.1 Å². The molecule has 2 N–H and O–H groups in total. The zero-order valence-corrected chi connectivity index (χ0v) is 13.7. The molecule has 8 heteroatoms. The molecule has 2 atom stereocenters. The van der Waals surface area contributed by atoms with Crippen LogP contribution in [0.3, 0.4) is 0 Å². The van der Waals surface area contributed by atoms with Crippen molar-refractivity contribution in [3.63, 3.8) is 0 Å². The standard InChI is InChI=1S/C15H21FN2O4S/c1-23(21,22)17-9-15(20)18-6-5-12(14(19)10-18)7-11-3-2-4-13(16)8-11/h2-4,8,12,14,17,19H,5-7,9-10H2,1H3/t12-,14+/m1/s1. The quantitative estimate of drug-likeness (QED) is 0.795. The van der Waals surface area contributed by atoms with Gasteiger partial charge >= 0.3 is 0 Å². The minimum Gasteiger partial charge on any atom is -0.391 e. The third-order valence-corrected chi connectivity index (χ3v) is 4.62. The summed E-state index contributed by atoms with van der Waals surface area (Å²) < 4.78 is 37.4. The SMILES string of the molecule is CS(=O)(=O)NCC(=O)N1CC[C@H](Cc2cccc(F)c2)[C@@H](O)C1. The van der Waals surface area contributed by atoms with Gasteiger partial charge in [0.25, 0.3) is 0 Å². The number of rotatable bonds is 5. The van der Waals surface area contributed by atoms with E-state index in [1.165, 1.54) is 17.0 Å². The van der Waals surface area contributed by atoms with E-state index in [1.807, 2.05) is 6.07 Å². The molecule has 1 aromatic rings. The second-order valence-corrected chi connectivity index (χ2v) is 7.72. The molecule has 1 heterocycles. The highest BCUT2D eigenvalue weighted by atomic mass is 32.2. The summed E-state index contributed by atoms with van der Waals surface area (Å²) in [4.78, 5) is 13.4. The Hall–Kier alpha value is -1.51. The van der Waals surface area contributed by atoms with Crippen LogP contribution >= 0.6 is 0 Å². The molecule has 0 aromatic heterocycles. The number of amides is 1. The molecule has 0 spiro atoms. The highest BCUT2D eigenvalue weighted by molar-refractivity contribution is 7.88. The van der Waals surface area contributed by atoms with Crippen LogP contribution in [0.5, 0.6) is 0 Å². The third-order valence-electron chi connectivity index (χ3n) is 3.95. The van der Waals surface area contributed by atoms with Crippen molar-refractivity contribution in [3.8, 4) is 0 Å². The fraction of sp³-hybridized carbons (Fsp3) is 0.533. The number of hydrogen-bond donors (Lipinski definition) is 2. The summed E-state index contributed by atoms with van der Waals surface area (Å²) in [6, 6.07) is 6.26. The summed E-state index contributed by atoms with van der Waals surface area (Å²) in [5.74, 6) is -0.723. The fourth-order valence-corrected chi connectivity index (χ4v) is 3.10. The van der Waals surface area contributed by atoms with E-state index in [2.05, 4.69) is 4.72 Å². The van der Waals surface area contributed by atoms with Crippen molar-refractivity contribution in [2.24, 2.45) is 5.92 Å². The Bertz CT molecular complexity index is 665. The Morgan fingerprint density at radius 1 is 1.48 bits per heavy atom. The van der Waals surface area contributed by atoms with Gasteiger partial charge in [0.15, 0.2) is 0 Å². The van der Waals surface area contributed by atoms with Gasteiger partial charge in [0, 0.05) is 13.1 Å². The fourth-order valence-electron chi connectivity index (χ4n) is 2.72. The molecular weight excluding hydrogens is 323 g/mol. The van der Waals surface area contributed by atoms with Crippen LogP contribution in [0.25, 0.3) is 0 Å². The van der Waals surface area contributed by atoms with Crippen molar-refractivity contribution in [2.45, 2.75) is 18.9 Å². The van der Waals surface area contributed by atoms with Crippen molar-refractivity contribution in [1.82, 2.24) is 9.62 Å². The second kappa shape index (κ2) is 7.37. The molecule has 0 unspecified atom stereocenters. The lowest BCUT2D eigenvalue weighted by Gasteiger charge is -2.36. The van der Waals surface area contributed by atoms with E-state index in [4.69, 9.17) is 0 Å². The van der Waals surface area contributed by atoms with Gasteiger partial charge in [0.1, 0.15) is 5.82 Å². The predicted molar refractivity (Wildman–Crippen MR) is 83.6 cm³/mol. The number of nitrogens with one attached hydrogen (secondary N) is 1. The number of aliphatic hydroxyl groups excluding tert-OH is 1.